The molecule has 0 unspecified atom stereocenters. The van der Waals surface area contributed by atoms with E-state index in [4.69, 9.17) is 8.92 Å². The third kappa shape index (κ3) is 4.80. The molecular formula is C14H11F3O4S2. The molecule has 0 fully saturated rings. The summed E-state index contributed by atoms with van der Waals surface area (Å²) in [7, 11) is -2.82. The summed E-state index contributed by atoms with van der Waals surface area (Å²) in [5.41, 5.74) is -4.44. The second kappa shape index (κ2) is 6.71. The molecule has 0 heterocycles. The van der Waals surface area contributed by atoms with Crippen LogP contribution in [0.5, 0.6) is 11.5 Å². The van der Waals surface area contributed by atoms with Crippen molar-refractivity contribution in [1.82, 2.24) is 0 Å². The first-order valence-corrected chi connectivity index (χ1v) is 8.37. The van der Waals surface area contributed by atoms with E-state index in [1.807, 2.05) is 0 Å². The molecule has 0 radical (unpaired) electrons. The van der Waals surface area contributed by atoms with Crippen LogP contribution in [0.25, 0.3) is 0 Å². The van der Waals surface area contributed by atoms with E-state index in [0.717, 1.165) is 24.3 Å². The van der Waals surface area contributed by atoms with Gasteiger partial charge in [0.25, 0.3) is 0 Å². The third-order valence-electron chi connectivity index (χ3n) is 2.61. The molecule has 2 rings (SSSR count). The van der Waals surface area contributed by atoms with E-state index in [0.29, 0.717) is 0 Å². The number of hydrogen-bond acceptors (Lipinski definition) is 5. The molecule has 2 aromatic rings. The Hall–Kier alpha value is -1.87. The molecule has 0 atom stereocenters. The predicted octanol–water partition coefficient (Wildman–Crippen LogP) is 4.07. The van der Waals surface area contributed by atoms with Gasteiger partial charge in [0.15, 0.2) is 11.5 Å². The van der Waals surface area contributed by atoms with E-state index in [2.05, 4.69) is 0 Å². The number of benzene rings is 2. The highest BCUT2D eigenvalue weighted by molar-refractivity contribution is 8.00. The summed E-state index contributed by atoms with van der Waals surface area (Å²) in [4.78, 5) is -0.372. The van der Waals surface area contributed by atoms with Crippen LogP contribution in [-0.2, 0) is 10.1 Å². The second-order valence-electron chi connectivity index (χ2n) is 4.21. The van der Waals surface area contributed by atoms with Crippen LogP contribution in [0.15, 0.2) is 58.3 Å². The molecule has 0 aliphatic carbocycles. The van der Waals surface area contributed by atoms with Crippen LogP contribution >= 0.6 is 11.8 Å². The summed E-state index contributed by atoms with van der Waals surface area (Å²) < 4.78 is 71.0. The number of para-hydroxylation sites is 2. The van der Waals surface area contributed by atoms with Gasteiger partial charge in [0.1, 0.15) is 4.90 Å². The molecule has 4 nitrogen and oxygen atoms in total. The van der Waals surface area contributed by atoms with Gasteiger partial charge in [-0.2, -0.15) is 21.6 Å². The summed E-state index contributed by atoms with van der Waals surface area (Å²) >= 11 is -0.326. The molecule has 0 saturated carbocycles. The van der Waals surface area contributed by atoms with Gasteiger partial charge in [-0.1, -0.05) is 12.1 Å². The Bertz CT molecular complexity index is 771. The van der Waals surface area contributed by atoms with Crippen LogP contribution < -0.4 is 8.92 Å². The van der Waals surface area contributed by atoms with Crippen molar-refractivity contribution in [2.24, 2.45) is 0 Å². The summed E-state index contributed by atoms with van der Waals surface area (Å²) in [5, 5.41) is 0. The van der Waals surface area contributed by atoms with Gasteiger partial charge in [0.2, 0.25) is 0 Å². The van der Waals surface area contributed by atoms with Gasteiger partial charge < -0.3 is 8.92 Å². The minimum atomic E-state index is -4.44. The highest BCUT2D eigenvalue weighted by atomic mass is 32.2. The fourth-order valence-electron chi connectivity index (χ4n) is 1.66. The molecule has 0 bridgehead atoms. The van der Waals surface area contributed by atoms with Crippen molar-refractivity contribution >= 4 is 21.9 Å². The normalized spacial score (nSPS) is 12.0. The number of hydrogen-bond donors (Lipinski definition) is 0. The number of thioether (sulfide) groups is 1. The van der Waals surface area contributed by atoms with Gasteiger partial charge in [0, 0.05) is 4.90 Å². The Morgan fingerprint density at radius 2 is 1.52 bits per heavy atom. The van der Waals surface area contributed by atoms with Crippen molar-refractivity contribution in [3.05, 3.63) is 48.5 Å². The van der Waals surface area contributed by atoms with E-state index < -0.39 is 15.6 Å². The van der Waals surface area contributed by atoms with E-state index in [1.54, 1.807) is 12.1 Å². The lowest BCUT2D eigenvalue weighted by atomic mass is 10.3. The maximum absolute atomic E-state index is 12.3. The number of methoxy groups -OCH3 is 1. The zero-order valence-electron chi connectivity index (χ0n) is 11.7. The van der Waals surface area contributed by atoms with Gasteiger partial charge >= 0.3 is 15.6 Å². The molecule has 0 saturated heterocycles. The van der Waals surface area contributed by atoms with Crippen LogP contribution in [0.4, 0.5) is 13.2 Å². The monoisotopic (exact) mass is 364 g/mol. The topological polar surface area (TPSA) is 52.6 Å². The minimum absolute atomic E-state index is 0.0104. The van der Waals surface area contributed by atoms with Gasteiger partial charge in [-0.25, -0.2) is 0 Å². The average molecular weight is 364 g/mol. The Balaban J connectivity index is 2.23. The van der Waals surface area contributed by atoms with E-state index >= 15 is 0 Å². The lowest BCUT2D eigenvalue weighted by molar-refractivity contribution is -0.0328. The van der Waals surface area contributed by atoms with Gasteiger partial charge in [-0.05, 0) is 48.2 Å². The molecule has 0 aliphatic rings. The molecule has 23 heavy (non-hydrogen) atoms. The van der Waals surface area contributed by atoms with Crippen LogP contribution in [-0.4, -0.2) is 21.0 Å². The molecule has 0 amide bonds. The van der Waals surface area contributed by atoms with Crippen molar-refractivity contribution in [2.75, 3.05) is 7.11 Å². The highest BCUT2D eigenvalue weighted by Crippen LogP contribution is 2.37. The van der Waals surface area contributed by atoms with Gasteiger partial charge in [-0.3, -0.25) is 0 Å². The highest BCUT2D eigenvalue weighted by Gasteiger charge is 2.29. The van der Waals surface area contributed by atoms with Crippen molar-refractivity contribution in [3.63, 3.8) is 0 Å². The van der Waals surface area contributed by atoms with E-state index in [-0.39, 0.29) is 33.1 Å². The first-order valence-electron chi connectivity index (χ1n) is 6.14. The standard InChI is InChI=1S/C14H11F3O4S2/c1-20-12-4-2-3-5-13(12)21-23(18,19)11-8-6-10(7-9-11)22-14(15,16)17/h2-9H,1H3. The van der Waals surface area contributed by atoms with Crippen LogP contribution in [0, 0.1) is 0 Å². The first kappa shape index (κ1) is 17.5. The molecule has 0 spiro atoms. The van der Waals surface area contributed by atoms with E-state index in [1.165, 1.54) is 19.2 Å². The fraction of sp³-hybridized carbons (Fsp3) is 0.143. The molecule has 0 N–H and O–H groups in total. The van der Waals surface area contributed by atoms with Gasteiger partial charge in [0.05, 0.1) is 7.11 Å². The quantitative estimate of drug-likeness (QED) is 0.591. The molecule has 9 heteroatoms. The Kier molecular flexibility index (Phi) is 5.10. The second-order valence-corrected chi connectivity index (χ2v) is 6.89. The van der Waals surface area contributed by atoms with Crippen molar-refractivity contribution < 1.29 is 30.5 Å². The average Bonchev–Trinajstić information content (AvgIpc) is 2.46. The lowest BCUT2D eigenvalue weighted by Crippen LogP contribution is -2.10. The number of rotatable bonds is 5. The van der Waals surface area contributed by atoms with Crippen LogP contribution in [0.2, 0.25) is 0 Å². The smallest absolute Gasteiger partial charge is 0.446 e. The lowest BCUT2D eigenvalue weighted by Gasteiger charge is -2.11. The summed E-state index contributed by atoms with van der Waals surface area (Å²) in [6, 6.07) is 10.4. The first-order chi connectivity index (χ1) is 10.7. The predicted molar refractivity (Wildman–Crippen MR) is 79.2 cm³/mol. The molecular weight excluding hydrogens is 353 g/mol. The molecule has 0 aliphatic heterocycles. The zero-order chi connectivity index (χ0) is 17.1. The Labute approximate surface area is 135 Å². The van der Waals surface area contributed by atoms with Crippen molar-refractivity contribution in [3.8, 4) is 11.5 Å². The zero-order valence-corrected chi connectivity index (χ0v) is 13.3. The third-order valence-corrected chi connectivity index (χ3v) is 4.60. The Morgan fingerprint density at radius 3 is 2.04 bits per heavy atom. The fourth-order valence-corrected chi connectivity index (χ4v) is 3.14. The molecule has 0 aromatic heterocycles. The maximum atomic E-state index is 12.3. The largest absolute Gasteiger partial charge is 0.493 e. The van der Waals surface area contributed by atoms with Crippen molar-refractivity contribution in [2.45, 2.75) is 15.3 Å². The Morgan fingerprint density at radius 1 is 0.957 bits per heavy atom. The summed E-state index contributed by atoms with van der Waals surface area (Å²) in [6.45, 7) is 0. The van der Waals surface area contributed by atoms with Crippen LogP contribution in [0.3, 0.4) is 0 Å². The number of alkyl halides is 3. The van der Waals surface area contributed by atoms with E-state index in [9.17, 15) is 21.6 Å². The molecule has 2 aromatic carbocycles. The maximum Gasteiger partial charge on any atom is 0.446 e. The number of ether oxygens (including phenoxy) is 1. The van der Waals surface area contributed by atoms with Crippen molar-refractivity contribution in [1.29, 1.82) is 0 Å². The van der Waals surface area contributed by atoms with Crippen LogP contribution in [0.1, 0.15) is 0 Å². The number of halogens is 3. The van der Waals surface area contributed by atoms with Gasteiger partial charge in [-0.15, -0.1) is 0 Å². The SMILES string of the molecule is COc1ccccc1OS(=O)(=O)c1ccc(SC(F)(F)F)cc1. The minimum Gasteiger partial charge on any atom is -0.493 e. The summed E-state index contributed by atoms with van der Waals surface area (Å²) in [5.74, 6) is 0.212. The summed E-state index contributed by atoms with van der Waals surface area (Å²) in [6.07, 6.45) is 0. The molecule has 124 valence electrons.